The molecule has 4 heterocycles. The first-order valence-corrected chi connectivity index (χ1v) is 10.5. The Morgan fingerprint density at radius 3 is 2.77 bits per heavy atom. The van der Waals surface area contributed by atoms with E-state index in [0.717, 1.165) is 23.5 Å². The van der Waals surface area contributed by atoms with Crippen LogP contribution in [0.25, 0.3) is 22.3 Å². The minimum Gasteiger partial charge on any atom is -0.367 e. The van der Waals surface area contributed by atoms with E-state index in [-0.39, 0.29) is 11.6 Å². The zero-order valence-corrected chi connectivity index (χ0v) is 17.6. The standard InChI is InChI=1S/C20H19N7O3S/c1-26(2)19(29)15-6-5-14(31-15)12-8-16(22-11-3-4-11)27-17(23-12)10(9-21-27)7-13-18(28)25-20(30)24-13/h5-9,11,22H,3-4H2,1-2H3,(H2,24,25,28,30)/b13-7-. The average molecular weight is 437 g/mol. The van der Waals surface area contributed by atoms with Gasteiger partial charge in [0.25, 0.3) is 11.8 Å². The monoisotopic (exact) mass is 437 g/mol. The maximum Gasteiger partial charge on any atom is 0.326 e. The lowest BCUT2D eigenvalue weighted by atomic mass is 10.2. The summed E-state index contributed by atoms with van der Waals surface area (Å²) in [5.74, 6) is 0.217. The van der Waals surface area contributed by atoms with Gasteiger partial charge in [-0.3, -0.25) is 14.9 Å². The molecule has 0 radical (unpaired) electrons. The van der Waals surface area contributed by atoms with Crippen molar-refractivity contribution >= 4 is 46.7 Å². The van der Waals surface area contributed by atoms with Crippen molar-refractivity contribution < 1.29 is 14.4 Å². The van der Waals surface area contributed by atoms with E-state index in [9.17, 15) is 14.4 Å². The normalized spacial score (nSPS) is 17.2. The van der Waals surface area contributed by atoms with Crippen LogP contribution in [0.1, 0.15) is 28.1 Å². The van der Waals surface area contributed by atoms with Crippen molar-refractivity contribution in [1.29, 1.82) is 0 Å². The van der Waals surface area contributed by atoms with Gasteiger partial charge in [-0.1, -0.05) is 0 Å². The number of thiophene rings is 1. The number of nitrogens with one attached hydrogen (secondary N) is 3. The summed E-state index contributed by atoms with van der Waals surface area (Å²) in [6.07, 6.45) is 5.33. The number of fused-ring (bicyclic) bond motifs is 1. The van der Waals surface area contributed by atoms with Gasteiger partial charge in [0.2, 0.25) is 0 Å². The molecule has 1 saturated carbocycles. The second kappa shape index (κ2) is 7.20. The van der Waals surface area contributed by atoms with Gasteiger partial charge in [0.05, 0.1) is 21.6 Å². The first-order valence-electron chi connectivity index (χ1n) is 9.70. The molecule has 1 aliphatic carbocycles. The van der Waals surface area contributed by atoms with Gasteiger partial charge in [0, 0.05) is 31.8 Å². The lowest BCUT2D eigenvalue weighted by Gasteiger charge is -2.10. The molecule has 2 aliphatic rings. The molecule has 158 valence electrons. The van der Waals surface area contributed by atoms with Crippen LogP contribution in [-0.4, -0.2) is 57.5 Å². The number of carbonyl (C=O) groups excluding carboxylic acids is 3. The fraction of sp³-hybridized carbons (Fsp3) is 0.250. The molecule has 0 spiro atoms. The lowest BCUT2D eigenvalue weighted by Crippen LogP contribution is -2.22. The third-order valence-corrected chi connectivity index (χ3v) is 6.02. The molecular formula is C20H19N7O3S. The molecule has 1 aliphatic heterocycles. The van der Waals surface area contributed by atoms with Gasteiger partial charge < -0.3 is 15.5 Å². The van der Waals surface area contributed by atoms with Gasteiger partial charge in [-0.25, -0.2) is 9.78 Å². The molecule has 10 nitrogen and oxygen atoms in total. The van der Waals surface area contributed by atoms with Crippen LogP contribution >= 0.6 is 11.3 Å². The predicted molar refractivity (Wildman–Crippen MR) is 116 cm³/mol. The van der Waals surface area contributed by atoms with Crippen LogP contribution in [0.3, 0.4) is 0 Å². The molecule has 1 saturated heterocycles. The maximum absolute atomic E-state index is 12.3. The van der Waals surface area contributed by atoms with Crippen molar-refractivity contribution in [3.05, 3.63) is 40.5 Å². The van der Waals surface area contributed by atoms with E-state index >= 15 is 0 Å². The number of imide groups is 1. The Hall–Kier alpha value is -3.73. The molecule has 4 amide bonds. The number of urea groups is 1. The highest BCUT2D eigenvalue weighted by atomic mass is 32.1. The van der Waals surface area contributed by atoms with Crippen LogP contribution in [0.4, 0.5) is 10.6 Å². The molecule has 3 aromatic heterocycles. The third-order valence-electron chi connectivity index (χ3n) is 4.92. The summed E-state index contributed by atoms with van der Waals surface area (Å²) in [6.45, 7) is 0. The third kappa shape index (κ3) is 3.63. The molecule has 0 aromatic carbocycles. The Kier molecular flexibility index (Phi) is 4.47. The van der Waals surface area contributed by atoms with E-state index in [2.05, 4.69) is 21.0 Å². The number of carbonyl (C=O) groups is 3. The largest absolute Gasteiger partial charge is 0.367 e. The van der Waals surface area contributed by atoms with Crippen LogP contribution in [0.15, 0.2) is 30.1 Å². The number of hydrogen-bond donors (Lipinski definition) is 3. The minimum absolute atomic E-state index is 0.0635. The lowest BCUT2D eigenvalue weighted by molar-refractivity contribution is -0.115. The van der Waals surface area contributed by atoms with Gasteiger partial charge in [0.1, 0.15) is 11.5 Å². The van der Waals surface area contributed by atoms with Crippen molar-refractivity contribution in [3.63, 3.8) is 0 Å². The molecule has 3 aromatic rings. The molecule has 2 fully saturated rings. The zero-order chi connectivity index (χ0) is 21.7. The number of aromatic nitrogens is 3. The van der Waals surface area contributed by atoms with Gasteiger partial charge in [-0.15, -0.1) is 11.3 Å². The van der Waals surface area contributed by atoms with Crippen molar-refractivity contribution in [2.75, 3.05) is 19.4 Å². The second-order valence-corrected chi connectivity index (χ2v) is 8.69. The highest BCUT2D eigenvalue weighted by Crippen LogP contribution is 2.32. The second-order valence-electron chi connectivity index (χ2n) is 7.61. The van der Waals surface area contributed by atoms with E-state index in [1.807, 2.05) is 12.1 Å². The van der Waals surface area contributed by atoms with Crippen molar-refractivity contribution in [2.24, 2.45) is 0 Å². The maximum atomic E-state index is 12.3. The summed E-state index contributed by atoms with van der Waals surface area (Å²) in [4.78, 5) is 43.4. The van der Waals surface area contributed by atoms with E-state index < -0.39 is 11.9 Å². The SMILES string of the molecule is CN(C)C(=O)c1ccc(-c2cc(NC3CC3)n3ncc(/C=C4\NC(=O)NC4=O)c3n2)s1. The average Bonchev–Trinajstić information content (AvgIpc) is 3.12. The van der Waals surface area contributed by atoms with Gasteiger partial charge >= 0.3 is 6.03 Å². The Bertz CT molecular complexity index is 1270. The zero-order valence-electron chi connectivity index (χ0n) is 16.8. The molecule has 3 N–H and O–H groups in total. The number of rotatable bonds is 5. The smallest absolute Gasteiger partial charge is 0.326 e. The Balaban J connectivity index is 1.60. The Morgan fingerprint density at radius 2 is 2.10 bits per heavy atom. The topological polar surface area (TPSA) is 121 Å². The van der Waals surface area contributed by atoms with E-state index in [1.165, 1.54) is 16.2 Å². The summed E-state index contributed by atoms with van der Waals surface area (Å²) in [7, 11) is 3.43. The first-order chi connectivity index (χ1) is 14.9. The van der Waals surface area contributed by atoms with E-state index in [4.69, 9.17) is 4.98 Å². The van der Waals surface area contributed by atoms with Crippen LogP contribution in [0, 0.1) is 0 Å². The number of hydrogen-bond acceptors (Lipinski definition) is 7. The van der Waals surface area contributed by atoms with Crippen molar-refractivity contribution in [1.82, 2.24) is 30.1 Å². The summed E-state index contributed by atoms with van der Waals surface area (Å²) in [5, 5.41) is 12.5. The van der Waals surface area contributed by atoms with E-state index in [1.54, 1.807) is 36.9 Å². The summed E-state index contributed by atoms with van der Waals surface area (Å²) in [6, 6.07) is 5.41. The summed E-state index contributed by atoms with van der Waals surface area (Å²) in [5.41, 5.74) is 1.96. The molecule has 11 heteroatoms. The number of anilines is 1. The van der Waals surface area contributed by atoms with Crippen molar-refractivity contribution in [2.45, 2.75) is 18.9 Å². The predicted octanol–water partition coefficient (Wildman–Crippen LogP) is 1.91. The Morgan fingerprint density at radius 1 is 1.29 bits per heavy atom. The highest BCUT2D eigenvalue weighted by Gasteiger charge is 2.25. The summed E-state index contributed by atoms with van der Waals surface area (Å²) >= 11 is 1.37. The van der Waals surface area contributed by atoms with Gasteiger partial charge in [0.15, 0.2) is 5.65 Å². The van der Waals surface area contributed by atoms with Crippen LogP contribution < -0.4 is 16.0 Å². The molecule has 0 unspecified atom stereocenters. The first kappa shape index (κ1) is 19.2. The molecule has 0 atom stereocenters. The Labute approximate surface area is 180 Å². The number of nitrogens with zero attached hydrogens (tertiary/aromatic N) is 4. The minimum atomic E-state index is -0.561. The van der Waals surface area contributed by atoms with Gasteiger partial charge in [-0.05, 0) is 31.1 Å². The molecular weight excluding hydrogens is 418 g/mol. The van der Waals surface area contributed by atoms with Crippen LogP contribution in [0.2, 0.25) is 0 Å². The van der Waals surface area contributed by atoms with E-state index in [0.29, 0.717) is 27.8 Å². The highest BCUT2D eigenvalue weighted by molar-refractivity contribution is 7.17. The molecule has 5 rings (SSSR count). The number of amides is 4. The molecule has 0 bridgehead atoms. The summed E-state index contributed by atoms with van der Waals surface area (Å²) < 4.78 is 1.68. The fourth-order valence-electron chi connectivity index (χ4n) is 3.20. The quantitative estimate of drug-likeness (QED) is 0.414. The molecule has 31 heavy (non-hydrogen) atoms. The van der Waals surface area contributed by atoms with Crippen molar-refractivity contribution in [3.8, 4) is 10.6 Å². The van der Waals surface area contributed by atoms with Gasteiger partial charge in [-0.2, -0.15) is 9.61 Å². The fourth-order valence-corrected chi connectivity index (χ4v) is 4.18. The van der Waals surface area contributed by atoms with Crippen LogP contribution in [-0.2, 0) is 4.79 Å². The van der Waals surface area contributed by atoms with Crippen LogP contribution in [0.5, 0.6) is 0 Å².